The molecule has 0 bridgehead atoms. The van der Waals surface area contributed by atoms with E-state index >= 15 is 0 Å². The molecule has 1 atom stereocenters. The maximum atomic E-state index is 12.5. The van der Waals surface area contributed by atoms with Gasteiger partial charge < -0.3 is 15.2 Å². The van der Waals surface area contributed by atoms with Gasteiger partial charge in [0.1, 0.15) is 5.75 Å². The molecule has 1 unspecified atom stereocenters. The Morgan fingerprint density at radius 1 is 1.26 bits per heavy atom. The highest BCUT2D eigenvalue weighted by molar-refractivity contribution is 5.83. The van der Waals surface area contributed by atoms with Gasteiger partial charge in [-0.25, -0.2) is 0 Å². The zero-order valence-corrected chi connectivity index (χ0v) is 16.3. The molecule has 1 aromatic heterocycles. The first-order valence-corrected chi connectivity index (χ1v) is 9.01. The summed E-state index contributed by atoms with van der Waals surface area (Å²) in [6.07, 6.45) is 0.566. The molecule has 2 aromatic rings. The van der Waals surface area contributed by atoms with Crippen LogP contribution < -0.4 is 10.1 Å². The molecular formula is C20H27N3O4. The largest absolute Gasteiger partial charge is 0.494 e. The van der Waals surface area contributed by atoms with E-state index in [-0.39, 0.29) is 18.2 Å². The van der Waals surface area contributed by atoms with Crippen molar-refractivity contribution in [3.05, 3.63) is 46.8 Å². The SMILES string of the molecule is Cc1nn(C)c(C)c1C(C)C(=O)NCc1ccc(OCCCC(=O)O)cc1. The van der Waals surface area contributed by atoms with Gasteiger partial charge in [0.25, 0.3) is 0 Å². The maximum Gasteiger partial charge on any atom is 0.303 e. The summed E-state index contributed by atoms with van der Waals surface area (Å²) >= 11 is 0. The van der Waals surface area contributed by atoms with Crippen LogP contribution in [0.15, 0.2) is 24.3 Å². The second-order valence-electron chi connectivity index (χ2n) is 6.64. The van der Waals surface area contributed by atoms with Crippen molar-refractivity contribution in [2.75, 3.05) is 6.61 Å². The summed E-state index contributed by atoms with van der Waals surface area (Å²) in [5.74, 6) is -0.445. The Balaban J connectivity index is 1.85. The number of carboxylic acid groups (broad SMARTS) is 1. The van der Waals surface area contributed by atoms with E-state index in [1.165, 1.54) is 0 Å². The minimum atomic E-state index is -0.824. The van der Waals surface area contributed by atoms with Crippen molar-refractivity contribution in [3.8, 4) is 5.75 Å². The Bertz CT molecular complexity index is 796. The highest BCUT2D eigenvalue weighted by Crippen LogP contribution is 2.23. The molecule has 7 nitrogen and oxygen atoms in total. The van der Waals surface area contributed by atoms with Crippen molar-refractivity contribution in [3.63, 3.8) is 0 Å². The van der Waals surface area contributed by atoms with Gasteiger partial charge in [-0.1, -0.05) is 12.1 Å². The van der Waals surface area contributed by atoms with Crippen molar-refractivity contribution < 1.29 is 19.4 Å². The molecular weight excluding hydrogens is 346 g/mol. The second kappa shape index (κ2) is 9.21. The molecule has 146 valence electrons. The number of benzene rings is 1. The quantitative estimate of drug-likeness (QED) is 0.659. The number of aryl methyl sites for hydroxylation is 2. The zero-order valence-electron chi connectivity index (χ0n) is 16.3. The fraction of sp³-hybridized carbons (Fsp3) is 0.450. The van der Waals surface area contributed by atoms with E-state index in [4.69, 9.17) is 9.84 Å². The Labute approximate surface area is 159 Å². The van der Waals surface area contributed by atoms with Gasteiger partial charge in [0.2, 0.25) is 5.91 Å². The second-order valence-corrected chi connectivity index (χ2v) is 6.64. The van der Waals surface area contributed by atoms with Gasteiger partial charge in [-0.15, -0.1) is 0 Å². The van der Waals surface area contributed by atoms with Crippen LogP contribution >= 0.6 is 0 Å². The number of nitrogens with zero attached hydrogens (tertiary/aromatic N) is 2. The summed E-state index contributed by atoms with van der Waals surface area (Å²) < 4.78 is 7.30. The van der Waals surface area contributed by atoms with Gasteiger partial charge in [0.15, 0.2) is 0 Å². The maximum absolute atomic E-state index is 12.5. The number of rotatable bonds is 9. The van der Waals surface area contributed by atoms with Crippen molar-refractivity contribution in [2.24, 2.45) is 7.05 Å². The number of amides is 1. The zero-order chi connectivity index (χ0) is 20.0. The predicted octanol–water partition coefficient (Wildman–Crippen LogP) is 2.70. The summed E-state index contributed by atoms with van der Waals surface area (Å²) in [7, 11) is 1.88. The van der Waals surface area contributed by atoms with Gasteiger partial charge in [0, 0.05) is 31.3 Å². The Morgan fingerprint density at radius 3 is 2.48 bits per heavy atom. The first kappa shape index (κ1) is 20.5. The average Bonchev–Trinajstić information content (AvgIpc) is 2.89. The molecule has 7 heteroatoms. The standard InChI is InChI=1S/C20H27N3O4/c1-13(19-14(2)22-23(4)15(19)3)20(26)21-12-16-7-9-17(10-8-16)27-11-5-6-18(24)25/h7-10,13H,5-6,11-12H2,1-4H3,(H,21,26)(H,24,25). The van der Waals surface area contributed by atoms with Gasteiger partial charge in [-0.3, -0.25) is 14.3 Å². The van der Waals surface area contributed by atoms with E-state index < -0.39 is 5.97 Å². The van der Waals surface area contributed by atoms with E-state index in [0.717, 1.165) is 22.5 Å². The van der Waals surface area contributed by atoms with Crippen molar-refractivity contribution in [1.82, 2.24) is 15.1 Å². The number of nitrogens with one attached hydrogen (secondary N) is 1. The number of carbonyl (C=O) groups is 2. The molecule has 27 heavy (non-hydrogen) atoms. The normalized spacial score (nSPS) is 11.9. The van der Waals surface area contributed by atoms with Crippen LogP contribution in [-0.2, 0) is 23.2 Å². The minimum absolute atomic E-state index is 0.0387. The lowest BCUT2D eigenvalue weighted by atomic mass is 9.98. The highest BCUT2D eigenvalue weighted by atomic mass is 16.5. The molecule has 0 radical (unpaired) electrons. The topological polar surface area (TPSA) is 93.5 Å². The number of hydrogen-bond acceptors (Lipinski definition) is 4. The van der Waals surface area contributed by atoms with Crippen molar-refractivity contribution in [2.45, 2.75) is 46.1 Å². The van der Waals surface area contributed by atoms with Crippen LogP contribution in [0.3, 0.4) is 0 Å². The first-order valence-electron chi connectivity index (χ1n) is 9.01. The van der Waals surface area contributed by atoms with Crippen LogP contribution in [-0.4, -0.2) is 33.4 Å². The van der Waals surface area contributed by atoms with E-state index in [0.29, 0.717) is 25.3 Å². The van der Waals surface area contributed by atoms with Gasteiger partial charge in [-0.05, 0) is 44.9 Å². The van der Waals surface area contributed by atoms with Crippen molar-refractivity contribution in [1.29, 1.82) is 0 Å². The highest BCUT2D eigenvalue weighted by Gasteiger charge is 2.22. The summed E-state index contributed by atoms with van der Waals surface area (Å²) in [5.41, 5.74) is 3.81. The first-order chi connectivity index (χ1) is 12.8. The van der Waals surface area contributed by atoms with Crippen LogP contribution in [0.25, 0.3) is 0 Å². The molecule has 0 aliphatic carbocycles. The van der Waals surface area contributed by atoms with Gasteiger partial charge in [-0.2, -0.15) is 5.10 Å². The summed E-state index contributed by atoms with van der Waals surface area (Å²) in [6, 6.07) is 7.41. The number of ether oxygens (including phenoxy) is 1. The lowest BCUT2D eigenvalue weighted by molar-refractivity contribution is -0.137. The van der Waals surface area contributed by atoms with Crippen molar-refractivity contribution >= 4 is 11.9 Å². The number of hydrogen-bond donors (Lipinski definition) is 2. The average molecular weight is 373 g/mol. The summed E-state index contributed by atoms with van der Waals surface area (Å²) in [6.45, 7) is 6.57. The Hall–Kier alpha value is -2.83. The minimum Gasteiger partial charge on any atom is -0.494 e. The van der Waals surface area contributed by atoms with E-state index in [2.05, 4.69) is 10.4 Å². The third kappa shape index (κ3) is 5.57. The van der Waals surface area contributed by atoms with Crippen LogP contribution in [0.2, 0.25) is 0 Å². The van der Waals surface area contributed by atoms with Crippen LogP contribution in [0, 0.1) is 13.8 Å². The number of aliphatic carboxylic acids is 1. The smallest absolute Gasteiger partial charge is 0.303 e. The van der Waals surface area contributed by atoms with E-state index in [1.807, 2.05) is 52.1 Å². The van der Waals surface area contributed by atoms with E-state index in [1.54, 1.807) is 4.68 Å². The third-order valence-corrected chi connectivity index (χ3v) is 4.59. The molecule has 0 saturated heterocycles. The Kier molecular flexibility index (Phi) is 6.98. The fourth-order valence-corrected chi connectivity index (χ4v) is 3.01. The summed E-state index contributed by atoms with van der Waals surface area (Å²) in [4.78, 5) is 23.0. The van der Waals surface area contributed by atoms with E-state index in [9.17, 15) is 9.59 Å². The molecule has 1 heterocycles. The number of aromatic nitrogens is 2. The van der Waals surface area contributed by atoms with Crippen LogP contribution in [0.4, 0.5) is 0 Å². The lowest BCUT2D eigenvalue weighted by Crippen LogP contribution is -2.28. The van der Waals surface area contributed by atoms with Gasteiger partial charge in [0.05, 0.1) is 18.2 Å². The summed E-state index contributed by atoms with van der Waals surface area (Å²) in [5, 5.41) is 15.9. The van der Waals surface area contributed by atoms with Crippen LogP contribution in [0.5, 0.6) is 5.75 Å². The molecule has 2 rings (SSSR count). The molecule has 0 aliphatic rings. The van der Waals surface area contributed by atoms with Crippen LogP contribution in [0.1, 0.15) is 48.2 Å². The number of carboxylic acids is 1. The lowest BCUT2D eigenvalue weighted by Gasteiger charge is -2.13. The third-order valence-electron chi connectivity index (χ3n) is 4.59. The molecule has 0 aliphatic heterocycles. The predicted molar refractivity (Wildman–Crippen MR) is 102 cm³/mol. The molecule has 0 spiro atoms. The molecule has 0 fully saturated rings. The molecule has 1 amide bonds. The number of carbonyl (C=O) groups excluding carboxylic acids is 1. The Morgan fingerprint density at radius 2 is 1.93 bits per heavy atom. The van der Waals surface area contributed by atoms with Gasteiger partial charge >= 0.3 is 5.97 Å². The fourth-order valence-electron chi connectivity index (χ4n) is 3.01. The monoisotopic (exact) mass is 373 g/mol. The molecule has 0 saturated carbocycles. The molecule has 2 N–H and O–H groups in total. The molecule has 1 aromatic carbocycles.